The van der Waals surface area contributed by atoms with Crippen LogP contribution in [0.5, 0.6) is 11.5 Å². The van der Waals surface area contributed by atoms with Gasteiger partial charge < -0.3 is 14.8 Å². The lowest BCUT2D eigenvalue weighted by Crippen LogP contribution is -2.33. The summed E-state index contributed by atoms with van der Waals surface area (Å²) in [5.41, 5.74) is 1.08. The van der Waals surface area contributed by atoms with Crippen LogP contribution in [0.2, 0.25) is 0 Å². The summed E-state index contributed by atoms with van der Waals surface area (Å²) in [6.07, 6.45) is 5.14. The van der Waals surface area contributed by atoms with Gasteiger partial charge in [0.05, 0.1) is 11.8 Å². The van der Waals surface area contributed by atoms with Gasteiger partial charge in [-0.05, 0) is 36.5 Å². The number of fused-ring (bicyclic) bond motifs is 1. The molecule has 4 nitrogen and oxygen atoms in total. The molecule has 0 radical (unpaired) electrons. The van der Waals surface area contributed by atoms with Crippen molar-refractivity contribution in [2.24, 2.45) is 5.92 Å². The number of carbonyl (C=O) groups excluding carboxylic acids is 1. The van der Waals surface area contributed by atoms with Crippen molar-refractivity contribution in [1.29, 1.82) is 0 Å². The van der Waals surface area contributed by atoms with Gasteiger partial charge in [-0.3, -0.25) is 4.79 Å². The summed E-state index contributed by atoms with van der Waals surface area (Å²) >= 11 is 1.81. The number of thioether (sulfide) groups is 1. The van der Waals surface area contributed by atoms with Gasteiger partial charge in [0.25, 0.3) is 0 Å². The van der Waals surface area contributed by atoms with Crippen molar-refractivity contribution in [3.05, 3.63) is 23.8 Å². The number of benzene rings is 1. The minimum absolute atomic E-state index is 0.00231. The minimum Gasteiger partial charge on any atom is -0.486 e. The van der Waals surface area contributed by atoms with E-state index in [9.17, 15) is 4.79 Å². The summed E-state index contributed by atoms with van der Waals surface area (Å²) in [6.45, 7) is 5.43. The van der Waals surface area contributed by atoms with E-state index in [1.54, 1.807) is 0 Å². The Morgan fingerprint density at radius 2 is 1.92 bits per heavy atom. The minimum atomic E-state index is -0.00231. The Labute approximate surface area is 148 Å². The van der Waals surface area contributed by atoms with E-state index in [1.807, 2.05) is 30.0 Å². The SMILES string of the molecule is CC(C)[C@H](NC(=O)CSC1CCCC1)c1ccc2c(c1)OCCO2. The van der Waals surface area contributed by atoms with Crippen molar-refractivity contribution >= 4 is 17.7 Å². The van der Waals surface area contributed by atoms with Crippen LogP contribution in [0.15, 0.2) is 18.2 Å². The number of ether oxygens (including phenoxy) is 2. The maximum absolute atomic E-state index is 12.4. The van der Waals surface area contributed by atoms with Gasteiger partial charge in [-0.1, -0.05) is 32.8 Å². The van der Waals surface area contributed by atoms with Crippen molar-refractivity contribution in [2.75, 3.05) is 19.0 Å². The third-order valence-electron chi connectivity index (χ3n) is 4.66. The second-order valence-electron chi connectivity index (χ2n) is 6.91. The molecule has 1 aliphatic heterocycles. The number of hydrogen-bond donors (Lipinski definition) is 1. The van der Waals surface area contributed by atoms with Crippen molar-refractivity contribution in [3.63, 3.8) is 0 Å². The van der Waals surface area contributed by atoms with Crippen molar-refractivity contribution in [2.45, 2.75) is 50.8 Å². The van der Waals surface area contributed by atoms with Crippen LogP contribution in [-0.2, 0) is 4.79 Å². The van der Waals surface area contributed by atoms with E-state index in [4.69, 9.17) is 9.47 Å². The van der Waals surface area contributed by atoms with E-state index in [2.05, 4.69) is 19.2 Å². The molecule has 0 bridgehead atoms. The molecule has 1 N–H and O–H groups in total. The molecule has 1 saturated carbocycles. The zero-order valence-corrected chi connectivity index (χ0v) is 15.4. The Morgan fingerprint density at radius 1 is 1.21 bits per heavy atom. The predicted octanol–water partition coefficient (Wildman–Crippen LogP) is 3.95. The Hall–Kier alpha value is -1.36. The van der Waals surface area contributed by atoms with Crippen molar-refractivity contribution in [1.82, 2.24) is 5.32 Å². The highest BCUT2D eigenvalue weighted by Gasteiger charge is 2.22. The third kappa shape index (κ3) is 4.38. The quantitative estimate of drug-likeness (QED) is 0.845. The lowest BCUT2D eigenvalue weighted by atomic mass is 9.95. The average molecular weight is 349 g/mol. The summed E-state index contributed by atoms with van der Waals surface area (Å²) in [5.74, 6) is 2.56. The van der Waals surface area contributed by atoms with Gasteiger partial charge >= 0.3 is 0 Å². The summed E-state index contributed by atoms with van der Waals surface area (Å²) in [6, 6.07) is 5.97. The smallest absolute Gasteiger partial charge is 0.230 e. The molecule has 0 unspecified atom stereocenters. The highest BCUT2D eigenvalue weighted by molar-refractivity contribution is 8.00. The maximum atomic E-state index is 12.4. The molecule has 1 heterocycles. The van der Waals surface area contributed by atoms with Gasteiger partial charge in [-0.15, -0.1) is 11.8 Å². The number of amides is 1. The van der Waals surface area contributed by atoms with Crippen LogP contribution in [-0.4, -0.2) is 30.1 Å². The molecule has 0 aromatic heterocycles. The first kappa shape index (κ1) is 17.5. The number of rotatable bonds is 6. The van der Waals surface area contributed by atoms with Crippen molar-refractivity contribution in [3.8, 4) is 11.5 Å². The summed E-state index contributed by atoms with van der Waals surface area (Å²) in [7, 11) is 0. The molecular weight excluding hydrogens is 322 g/mol. The largest absolute Gasteiger partial charge is 0.486 e. The molecule has 1 aliphatic carbocycles. The fraction of sp³-hybridized carbons (Fsp3) is 0.632. The highest BCUT2D eigenvalue weighted by atomic mass is 32.2. The van der Waals surface area contributed by atoms with Gasteiger partial charge in [0.1, 0.15) is 13.2 Å². The van der Waals surface area contributed by atoms with E-state index in [0.29, 0.717) is 30.1 Å². The first-order valence-electron chi connectivity index (χ1n) is 8.94. The normalized spacial score (nSPS) is 18.6. The Bertz CT molecular complexity index is 570. The predicted molar refractivity (Wildman–Crippen MR) is 97.9 cm³/mol. The topological polar surface area (TPSA) is 47.6 Å². The van der Waals surface area contributed by atoms with Crippen LogP contribution in [0.4, 0.5) is 0 Å². The highest BCUT2D eigenvalue weighted by Crippen LogP contribution is 2.34. The Morgan fingerprint density at radius 3 is 2.62 bits per heavy atom. The zero-order valence-electron chi connectivity index (χ0n) is 14.5. The molecular formula is C19H27NO3S. The maximum Gasteiger partial charge on any atom is 0.230 e. The van der Waals surface area contributed by atoms with E-state index in [1.165, 1.54) is 25.7 Å². The molecule has 132 valence electrons. The molecule has 5 heteroatoms. The second kappa shape index (κ2) is 8.15. The van der Waals surface area contributed by atoms with Crippen LogP contribution >= 0.6 is 11.8 Å². The zero-order chi connectivity index (χ0) is 16.9. The molecule has 1 amide bonds. The fourth-order valence-corrected chi connectivity index (χ4v) is 4.49. The molecule has 3 rings (SSSR count). The number of hydrogen-bond acceptors (Lipinski definition) is 4. The molecule has 1 aromatic carbocycles. The van der Waals surface area contributed by atoms with Crippen molar-refractivity contribution < 1.29 is 14.3 Å². The van der Waals surface area contributed by atoms with Crippen LogP contribution in [0, 0.1) is 5.92 Å². The van der Waals surface area contributed by atoms with Crippen LogP contribution in [0.3, 0.4) is 0 Å². The summed E-state index contributed by atoms with van der Waals surface area (Å²) in [5, 5.41) is 3.88. The van der Waals surface area contributed by atoms with Gasteiger partial charge in [0, 0.05) is 5.25 Å². The van der Waals surface area contributed by atoms with Gasteiger partial charge in [0.15, 0.2) is 11.5 Å². The van der Waals surface area contributed by atoms with E-state index in [-0.39, 0.29) is 11.9 Å². The van der Waals surface area contributed by atoms with Crippen LogP contribution < -0.4 is 14.8 Å². The molecule has 1 atom stereocenters. The standard InChI is InChI=1S/C19H27NO3S/c1-13(2)19(20-18(21)12-24-15-5-3-4-6-15)14-7-8-16-17(11-14)23-10-9-22-16/h7-8,11,13,15,19H,3-6,9-10,12H2,1-2H3,(H,20,21)/t19-/m0/s1. The molecule has 0 spiro atoms. The summed E-state index contributed by atoms with van der Waals surface area (Å²) in [4.78, 5) is 12.4. The molecule has 0 saturated heterocycles. The van der Waals surface area contributed by atoms with Crippen LogP contribution in [0.25, 0.3) is 0 Å². The Balaban J connectivity index is 1.62. The lowest BCUT2D eigenvalue weighted by Gasteiger charge is -2.25. The van der Waals surface area contributed by atoms with E-state index >= 15 is 0 Å². The van der Waals surface area contributed by atoms with E-state index in [0.717, 1.165) is 17.1 Å². The molecule has 1 fully saturated rings. The molecule has 2 aliphatic rings. The lowest BCUT2D eigenvalue weighted by molar-refractivity contribution is -0.119. The first-order valence-corrected chi connectivity index (χ1v) is 9.99. The summed E-state index contributed by atoms with van der Waals surface area (Å²) < 4.78 is 11.3. The Kier molecular flexibility index (Phi) is 5.93. The monoisotopic (exact) mass is 349 g/mol. The van der Waals surface area contributed by atoms with E-state index < -0.39 is 0 Å². The van der Waals surface area contributed by atoms with Crippen LogP contribution in [0.1, 0.15) is 51.1 Å². The number of carbonyl (C=O) groups is 1. The first-order chi connectivity index (χ1) is 11.6. The third-order valence-corrected chi connectivity index (χ3v) is 6.03. The fourth-order valence-electron chi connectivity index (χ4n) is 3.35. The van der Waals surface area contributed by atoms with Gasteiger partial charge in [0.2, 0.25) is 5.91 Å². The average Bonchev–Trinajstić information content (AvgIpc) is 3.10. The molecule has 24 heavy (non-hydrogen) atoms. The van der Waals surface area contributed by atoms with Gasteiger partial charge in [-0.2, -0.15) is 0 Å². The number of nitrogens with one attached hydrogen (secondary N) is 1. The molecule has 1 aromatic rings. The van der Waals surface area contributed by atoms with Gasteiger partial charge in [-0.25, -0.2) is 0 Å². The second-order valence-corrected chi connectivity index (χ2v) is 8.20.